The average Bonchev–Trinajstić information content (AvgIpc) is 2.08. The number of nitrogens with two attached hydrogens (primary N) is 1. The Morgan fingerprint density at radius 3 is 2.31 bits per heavy atom. The van der Waals surface area contributed by atoms with Gasteiger partial charge < -0.3 is 5.73 Å². The second kappa shape index (κ2) is 4.08. The molecule has 1 aromatic carbocycles. The second-order valence-electron chi connectivity index (χ2n) is 3.54. The Kier molecular flexibility index (Phi) is 3.07. The fraction of sp³-hybridized carbons (Fsp3) is 0.364. The van der Waals surface area contributed by atoms with Gasteiger partial charge in [0.2, 0.25) is 0 Å². The fourth-order valence-electron chi connectivity index (χ4n) is 1.04. The minimum absolute atomic E-state index is 0.109. The van der Waals surface area contributed by atoms with E-state index in [0.29, 0.717) is 6.42 Å². The summed E-state index contributed by atoms with van der Waals surface area (Å²) in [5, 5.41) is 0. The molecule has 0 atom stereocenters. The molecular weight excluding hydrogens is 162 g/mol. The molecule has 0 saturated carbocycles. The van der Waals surface area contributed by atoms with Crippen LogP contribution >= 0.6 is 0 Å². The van der Waals surface area contributed by atoms with E-state index in [1.807, 2.05) is 38.1 Å². The molecule has 0 bridgehead atoms. The Labute approximate surface area is 78.8 Å². The number of ketones is 1. The van der Waals surface area contributed by atoms with Crippen LogP contribution in [0.4, 0.5) is 5.69 Å². The lowest BCUT2D eigenvalue weighted by Gasteiger charge is -2.03. The lowest BCUT2D eigenvalue weighted by atomic mass is 10.0. The Bertz CT molecular complexity index is 287. The van der Waals surface area contributed by atoms with Crippen molar-refractivity contribution in [2.75, 3.05) is 5.73 Å². The van der Waals surface area contributed by atoms with Crippen molar-refractivity contribution in [3.63, 3.8) is 0 Å². The lowest BCUT2D eigenvalue weighted by molar-refractivity contribution is -0.121. The summed E-state index contributed by atoms with van der Waals surface area (Å²) in [6.07, 6.45) is 0.512. The van der Waals surface area contributed by atoms with Crippen LogP contribution in [-0.4, -0.2) is 5.78 Å². The summed E-state index contributed by atoms with van der Waals surface area (Å²) in [7, 11) is 0. The molecule has 0 amide bonds. The molecule has 1 aromatic rings. The Hall–Kier alpha value is -1.31. The molecule has 2 heteroatoms. The minimum atomic E-state index is 0.109. The van der Waals surface area contributed by atoms with Crippen molar-refractivity contribution in [1.29, 1.82) is 0 Å². The summed E-state index contributed by atoms with van der Waals surface area (Å²) < 4.78 is 0. The molecule has 2 N–H and O–H groups in total. The third kappa shape index (κ3) is 2.90. The molecule has 13 heavy (non-hydrogen) atoms. The first kappa shape index (κ1) is 9.78. The number of benzene rings is 1. The van der Waals surface area contributed by atoms with E-state index in [1.54, 1.807) is 0 Å². The average molecular weight is 177 g/mol. The van der Waals surface area contributed by atoms with Crippen LogP contribution in [0.25, 0.3) is 0 Å². The third-order valence-electron chi connectivity index (χ3n) is 2.00. The second-order valence-corrected chi connectivity index (χ2v) is 3.54. The van der Waals surface area contributed by atoms with Crippen LogP contribution in [0.3, 0.4) is 0 Å². The number of Topliss-reactive ketones (excluding diaryl/α,β-unsaturated/α-hetero) is 1. The number of carbonyl (C=O) groups is 1. The van der Waals surface area contributed by atoms with E-state index in [2.05, 4.69) is 0 Å². The first-order valence-electron chi connectivity index (χ1n) is 4.46. The topological polar surface area (TPSA) is 43.1 Å². The maximum absolute atomic E-state index is 11.4. The van der Waals surface area contributed by atoms with Gasteiger partial charge in [0.1, 0.15) is 5.78 Å². The molecule has 0 aliphatic heterocycles. The highest BCUT2D eigenvalue weighted by atomic mass is 16.1. The van der Waals surface area contributed by atoms with Gasteiger partial charge in [0, 0.05) is 18.0 Å². The van der Waals surface area contributed by atoms with Gasteiger partial charge >= 0.3 is 0 Å². The van der Waals surface area contributed by atoms with E-state index in [-0.39, 0.29) is 11.7 Å². The predicted molar refractivity (Wildman–Crippen MR) is 54.4 cm³/mol. The van der Waals surface area contributed by atoms with Crippen LogP contribution in [0.2, 0.25) is 0 Å². The zero-order valence-corrected chi connectivity index (χ0v) is 8.08. The smallest absolute Gasteiger partial charge is 0.139 e. The molecule has 0 fully saturated rings. The Morgan fingerprint density at radius 1 is 1.31 bits per heavy atom. The summed E-state index contributed by atoms with van der Waals surface area (Å²) in [4.78, 5) is 11.4. The largest absolute Gasteiger partial charge is 0.399 e. The fourth-order valence-corrected chi connectivity index (χ4v) is 1.04. The Balaban J connectivity index is 2.65. The first-order chi connectivity index (χ1) is 6.09. The number of hydrogen-bond donors (Lipinski definition) is 1. The number of anilines is 1. The lowest BCUT2D eigenvalue weighted by Crippen LogP contribution is -2.09. The van der Waals surface area contributed by atoms with E-state index < -0.39 is 0 Å². The summed E-state index contributed by atoms with van der Waals surface area (Å²) >= 11 is 0. The molecule has 0 unspecified atom stereocenters. The van der Waals surface area contributed by atoms with E-state index in [0.717, 1.165) is 11.3 Å². The summed E-state index contributed by atoms with van der Waals surface area (Å²) in [6.45, 7) is 3.83. The van der Waals surface area contributed by atoms with Gasteiger partial charge in [-0.1, -0.05) is 26.0 Å². The van der Waals surface area contributed by atoms with E-state index in [1.165, 1.54) is 0 Å². The molecule has 2 nitrogen and oxygen atoms in total. The summed E-state index contributed by atoms with van der Waals surface area (Å²) in [5.74, 6) is 0.377. The van der Waals surface area contributed by atoms with Gasteiger partial charge in [-0.25, -0.2) is 0 Å². The van der Waals surface area contributed by atoms with Crippen molar-refractivity contribution in [1.82, 2.24) is 0 Å². The van der Waals surface area contributed by atoms with Crippen molar-refractivity contribution in [2.24, 2.45) is 5.92 Å². The highest BCUT2D eigenvalue weighted by molar-refractivity contribution is 5.82. The molecule has 0 spiro atoms. The molecule has 0 saturated heterocycles. The number of hydrogen-bond acceptors (Lipinski definition) is 2. The minimum Gasteiger partial charge on any atom is -0.399 e. The predicted octanol–water partition coefficient (Wildman–Crippen LogP) is 2.04. The van der Waals surface area contributed by atoms with Gasteiger partial charge in [0.15, 0.2) is 0 Å². The molecule has 0 aliphatic carbocycles. The first-order valence-corrected chi connectivity index (χ1v) is 4.46. The maximum Gasteiger partial charge on any atom is 0.139 e. The summed E-state index contributed by atoms with van der Waals surface area (Å²) in [5.41, 5.74) is 7.30. The van der Waals surface area contributed by atoms with Crippen molar-refractivity contribution in [3.8, 4) is 0 Å². The van der Waals surface area contributed by atoms with Crippen LogP contribution in [-0.2, 0) is 11.2 Å². The van der Waals surface area contributed by atoms with E-state index in [9.17, 15) is 4.79 Å². The van der Waals surface area contributed by atoms with E-state index >= 15 is 0 Å². The monoisotopic (exact) mass is 177 g/mol. The third-order valence-corrected chi connectivity index (χ3v) is 2.00. The van der Waals surface area contributed by atoms with Gasteiger partial charge in [-0.05, 0) is 17.7 Å². The zero-order valence-electron chi connectivity index (χ0n) is 8.08. The van der Waals surface area contributed by atoms with Gasteiger partial charge in [-0.2, -0.15) is 0 Å². The van der Waals surface area contributed by atoms with Crippen LogP contribution in [0, 0.1) is 5.92 Å². The van der Waals surface area contributed by atoms with Gasteiger partial charge in [0.05, 0.1) is 0 Å². The van der Waals surface area contributed by atoms with Crippen LogP contribution in [0.5, 0.6) is 0 Å². The van der Waals surface area contributed by atoms with Crippen LogP contribution in [0.1, 0.15) is 19.4 Å². The molecular formula is C11H15NO. The van der Waals surface area contributed by atoms with Crippen LogP contribution < -0.4 is 5.73 Å². The number of carbonyl (C=O) groups excluding carboxylic acids is 1. The highest BCUT2D eigenvalue weighted by Crippen LogP contribution is 2.08. The van der Waals surface area contributed by atoms with Crippen molar-refractivity contribution < 1.29 is 4.79 Å². The zero-order chi connectivity index (χ0) is 9.84. The SMILES string of the molecule is CC(C)C(=O)Cc1ccc(N)cc1. The molecule has 0 aliphatic rings. The highest BCUT2D eigenvalue weighted by Gasteiger charge is 2.07. The molecule has 0 radical (unpaired) electrons. The van der Waals surface area contributed by atoms with Crippen molar-refractivity contribution in [2.45, 2.75) is 20.3 Å². The van der Waals surface area contributed by atoms with Crippen molar-refractivity contribution in [3.05, 3.63) is 29.8 Å². The van der Waals surface area contributed by atoms with Gasteiger partial charge in [-0.3, -0.25) is 4.79 Å². The maximum atomic E-state index is 11.4. The summed E-state index contributed by atoms with van der Waals surface area (Å²) in [6, 6.07) is 7.44. The molecule has 1 rings (SSSR count). The van der Waals surface area contributed by atoms with Gasteiger partial charge in [0.25, 0.3) is 0 Å². The van der Waals surface area contributed by atoms with Crippen molar-refractivity contribution >= 4 is 11.5 Å². The quantitative estimate of drug-likeness (QED) is 0.718. The normalized spacial score (nSPS) is 10.4. The van der Waals surface area contributed by atoms with E-state index in [4.69, 9.17) is 5.73 Å². The molecule has 0 heterocycles. The number of nitrogen functional groups attached to an aromatic ring is 1. The number of rotatable bonds is 3. The molecule has 70 valence electrons. The standard InChI is InChI=1S/C11H15NO/c1-8(2)11(13)7-9-3-5-10(12)6-4-9/h3-6,8H,7,12H2,1-2H3. The molecule has 0 aromatic heterocycles. The van der Waals surface area contributed by atoms with Crippen LogP contribution in [0.15, 0.2) is 24.3 Å². The Morgan fingerprint density at radius 2 is 1.85 bits per heavy atom. The van der Waals surface area contributed by atoms with Gasteiger partial charge in [-0.15, -0.1) is 0 Å².